The van der Waals surface area contributed by atoms with Crippen LogP contribution in [0.25, 0.3) is 5.65 Å². The van der Waals surface area contributed by atoms with Gasteiger partial charge in [-0.15, -0.1) is 0 Å². The van der Waals surface area contributed by atoms with Gasteiger partial charge < -0.3 is 5.32 Å². The highest BCUT2D eigenvalue weighted by Gasteiger charge is 2.40. The molecule has 2 aromatic rings. The molecule has 0 unspecified atom stereocenters. The summed E-state index contributed by atoms with van der Waals surface area (Å²) in [5.74, 6) is 0.439. The number of likely N-dealkylation sites (tertiary alicyclic amines) is 1. The molecule has 0 bridgehead atoms. The molecule has 1 saturated carbocycles. The van der Waals surface area contributed by atoms with Gasteiger partial charge in [-0.05, 0) is 76.1 Å². The maximum atomic E-state index is 12.9. The molecule has 1 amide bonds. The van der Waals surface area contributed by atoms with Crippen molar-refractivity contribution in [3.8, 4) is 0 Å². The monoisotopic (exact) mass is 396 g/mol. The maximum Gasteiger partial charge on any atom is 0.270 e. The number of hydrogen-bond donors (Lipinski definition) is 1. The minimum absolute atomic E-state index is 0.0274. The van der Waals surface area contributed by atoms with Gasteiger partial charge in [0, 0.05) is 24.5 Å². The Hall–Kier alpha value is -2.21. The quantitative estimate of drug-likeness (QED) is 0.862. The van der Waals surface area contributed by atoms with Gasteiger partial charge in [-0.25, -0.2) is 4.98 Å². The number of aryl methyl sites for hydroxylation is 1. The molecule has 6 nitrogen and oxygen atoms in total. The number of amides is 1. The van der Waals surface area contributed by atoms with E-state index in [2.05, 4.69) is 22.1 Å². The molecular weight excluding hydrogens is 364 g/mol. The fraction of sp³-hybridized carbons (Fsp3) is 0.609. The number of rotatable bonds is 4. The van der Waals surface area contributed by atoms with E-state index in [1.807, 2.05) is 19.1 Å². The summed E-state index contributed by atoms with van der Waals surface area (Å²) in [6, 6.07) is 3.72. The van der Waals surface area contributed by atoms with Gasteiger partial charge in [0.1, 0.15) is 11.2 Å². The number of fused-ring (bicyclic) bond motifs is 1. The average molecular weight is 397 g/mol. The molecule has 0 radical (unpaired) electrons. The molecule has 2 fully saturated rings. The molecular formula is C23H32N4O2. The van der Waals surface area contributed by atoms with Crippen molar-refractivity contribution < 1.29 is 4.79 Å². The van der Waals surface area contributed by atoms with Gasteiger partial charge in [-0.1, -0.05) is 19.4 Å². The number of carbonyl (C=O) groups excluding carboxylic acids is 1. The predicted octanol–water partition coefficient (Wildman–Crippen LogP) is 3.17. The Morgan fingerprint density at radius 1 is 1.24 bits per heavy atom. The van der Waals surface area contributed by atoms with E-state index in [-0.39, 0.29) is 22.6 Å². The zero-order valence-electron chi connectivity index (χ0n) is 17.6. The molecule has 3 heterocycles. The van der Waals surface area contributed by atoms with Crippen molar-refractivity contribution in [1.29, 1.82) is 0 Å². The highest BCUT2D eigenvalue weighted by atomic mass is 16.2. The largest absolute Gasteiger partial charge is 0.350 e. The molecule has 29 heavy (non-hydrogen) atoms. The minimum atomic E-state index is -0.312. The van der Waals surface area contributed by atoms with E-state index in [1.54, 1.807) is 6.20 Å². The van der Waals surface area contributed by atoms with Crippen molar-refractivity contribution in [2.24, 2.45) is 5.92 Å². The van der Waals surface area contributed by atoms with E-state index >= 15 is 0 Å². The zero-order valence-corrected chi connectivity index (χ0v) is 17.6. The Kier molecular flexibility index (Phi) is 5.72. The first kappa shape index (κ1) is 20.1. The van der Waals surface area contributed by atoms with Gasteiger partial charge in [0.2, 0.25) is 0 Å². The van der Waals surface area contributed by atoms with E-state index < -0.39 is 0 Å². The lowest BCUT2D eigenvalue weighted by molar-refractivity contribution is 0.0229. The number of nitrogens with zero attached hydrogens (tertiary/aromatic N) is 3. The molecule has 6 heteroatoms. The van der Waals surface area contributed by atoms with E-state index in [0.29, 0.717) is 12.2 Å². The van der Waals surface area contributed by atoms with Crippen LogP contribution in [0.4, 0.5) is 0 Å². The lowest BCUT2D eigenvalue weighted by atomic mass is 9.75. The molecule has 1 saturated heterocycles. The highest BCUT2D eigenvalue weighted by molar-refractivity contribution is 5.93. The van der Waals surface area contributed by atoms with Crippen LogP contribution in [0.15, 0.2) is 29.3 Å². The van der Waals surface area contributed by atoms with Crippen LogP contribution >= 0.6 is 0 Å². The first-order valence-corrected chi connectivity index (χ1v) is 11.0. The van der Waals surface area contributed by atoms with Crippen molar-refractivity contribution in [3.05, 3.63) is 46.0 Å². The summed E-state index contributed by atoms with van der Waals surface area (Å²) in [4.78, 5) is 32.8. The SMILES string of the molecule is Cc1cccn2c(=O)c(C(=O)NCC3(N4CCCCC4)CCC(C)CC3)cnc12. The summed E-state index contributed by atoms with van der Waals surface area (Å²) in [6.07, 6.45) is 11.5. The Labute approximate surface area is 172 Å². The summed E-state index contributed by atoms with van der Waals surface area (Å²) < 4.78 is 1.47. The number of hydrogen-bond acceptors (Lipinski definition) is 4. The molecule has 1 aliphatic heterocycles. The Morgan fingerprint density at radius 2 is 1.97 bits per heavy atom. The predicted molar refractivity (Wildman–Crippen MR) is 114 cm³/mol. The molecule has 4 rings (SSSR count). The fourth-order valence-corrected chi connectivity index (χ4v) is 5.02. The second-order valence-corrected chi connectivity index (χ2v) is 9.00. The summed E-state index contributed by atoms with van der Waals surface area (Å²) in [7, 11) is 0. The van der Waals surface area contributed by atoms with Crippen molar-refractivity contribution in [2.45, 2.75) is 64.3 Å². The highest BCUT2D eigenvalue weighted by Crippen LogP contribution is 2.37. The third kappa shape index (κ3) is 3.95. The number of carbonyl (C=O) groups is 1. The van der Waals surface area contributed by atoms with Crippen LogP contribution in [0, 0.1) is 12.8 Å². The van der Waals surface area contributed by atoms with Crippen molar-refractivity contribution in [2.75, 3.05) is 19.6 Å². The summed E-state index contributed by atoms with van der Waals surface area (Å²) in [5, 5.41) is 3.11. The second kappa shape index (κ2) is 8.27. The molecule has 2 aromatic heterocycles. The van der Waals surface area contributed by atoms with Gasteiger partial charge >= 0.3 is 0 Å². The number of aromatic nitrogens is 2. The molecule has 1 N–H and O–H groups in total. The Balaban J connectivity index is 1.54. The molecule has 2 aliphatic rings. The zero-order chi connectivity index (χ0) is 20.4. The standard InChI is InChI=1S/C23H32N4O2/c1-17-8-10-23(11-9-17,26-12-4-3-5-13-26)16-25-21(28)19-15-24-20-18(2)7-6-14-27(20)22(19)29/h6-7,14-15,17H,3-5,8-13,16H2,1-2H3,(H,25,28). The van der Waals surface area contributed by atoms with Crippen molar-refractivity contribution >= 4 is 11.6 Å². The van der Waals surface area contributed by atoms with E-state index in [9.17, 15) is 9.59 Å². The summed E-state index contributed by atoms with van der Waals surface area (Å²) >= 11 is 0. The smallest absolute Gasteiger partial charge is 0.270 e. The van der Waals surface area contributed by atoms with Gasteiger partial charge in [-0.3, -0.25) is 18.9 Å². The third-order valence-corrected chi connectivity index (χ3v) is 6.98. The van der Waals surface area contributed by atoms with Crippen molar-refractivity contribution in [1.82, 2.24) is 19.6 Å². The maximum absolute atomic E-state index is 12.9. The normalized spacial score (nSPS) is 25.8. The topological polar surface area (TPSA) is 66.7 Å². The molecule has 1 aliphatic carbocycles. The second-order valence-electron chi connectivity index (χ2n) is 9.00. The lowest BCUT2D eigenvalue weighted by Gasteiger charge is -2.49. The summed E-state index contributed by atoms with van der Waals surface area (Å²) in [5.41, 5.74) is 1.35. The van der Waals surface area contributed by atoms with Crippen LogP contribution in [0.5, 0.6) is 0 Å². The fourth-order valence-electron chi connectivity index (χ4n) is 5.02. The lowest BCUT2D eigenvalue weighted by Crippen LogP contribution is -2.58. The van der Waals surface area contributed by atoms with Crippen LogP contribution in [0.2, 0.25) is 0 Å². The molecule has 0 atom stereocenters. The first-order chi connectivity index (χ1) is 14.0. The van der Waals surface area contributed by atoms with Crippen LogP contribution in [-0.4, -0.2) is 45.4 Å². The molecule has 0 aromatic carbocycles. The Bertz CT molecular complexity index is 938. The van der Waals surface area contributed by atoms with Gasteiger partial charge in [0.15, 0.2) is 0 Å². The number of nitrogens with one attached hydrogen (secondary N) is 1. The Morgan fingerprint density at radius 3 is 2.69 bits per heavy atom. The van der Waals surface area contributed by atoms with Crippen molar-refractivity contribution in [3.63, 3.8) is 0 Å². The van der Waals surface area contributed by atoms with Crippen LogP contribution in [0.1, 0.15) is 67.8 Å². The summed E-state index contributed by atoms with van der Waals surface area (Å²) in [6.45, 7) is 7.07. The van der Waals surface area contributed by atoms with E-state index in [4.69, 9.17) is 0 Å². The molecule has 156 valence electrons. The first-order valence-electron chi connectivity index (χ1n) is 11.0. The van der Waals surface area contributed by atoms with Crippen LogP contribution in [-0.2, 0) is 0 Å². The third-order valence-electron chi connectivity index (χ3n) is 6.98. The van der Waals surface area contributed by atoms with Gasteiger partial charge in [0.25, 0.3) is 11.5 Å². The number of pyridine rings is 1. The number of piperidine rings is 1. The van der Waals surface area contributed by atoms with Crippen LogP contribution in [0.3, 0.4) is 0 Å². The van der Waals surface area contributed by atoms with Gasteiger partial charge in [-0.2, -0.15) is 0 Å². The average Bonchev–Trinajstić information content (AvgIpc) is 2.75. The van der Waals surface area contributed by atoms with E-state index in [0.717, 1.165) is 37.4 Å². The van der Waals surface area contributed by atoms with Gasteiger partial charge in [0.05, 0.1) is 0 Å². The van der Waals surface area contributed by atoms with Crippen LogP contribution < -0.4 is 10.9 Å². The van der Waals surface area contributed by atoms with E-state index in [1.165, 1.54) is 42.7 Å². The molecule has 0 spiro atoms. The minimum Gasteiger partial charge on any atom is -0.350 e.